The SMILES string of the molecule is CCCOc1ccc(CN)c(OCc2cccnc2)c1. The number of pyridine rings is 1. The maximum atomic E-state index is 5.83. The lowest BCUT2D eigenvalue weighted by Crippen LogP contribution is -2.04. The summed E-state index contributed by atoms with van der Waals surface area (Å²) in [5.74, 6) is 1.58. The van der Waals surface area contributed by atoms with Crippen molar-refractivity contribution in [3.05, 3.63) is 53.9 Å². The first-order valence-electron chi connectivity index (χ1n) is 6.81. The highest BCUT2D eigenvalue weighted by Gasteiger charge is 2.05. The molecule has 0 atom stereocenters. The van der Waals surface area contributed by atoms with Crippen molar-refractivity contribution in [3.8, 4) is 11.5 Å². The molecular weight excluding hydrogens is 252 g/mol. The van der Waals surface area contributed by atoms with E-state index in [0.717, 1.165) is 29.0 Å². The van der Waals surface area contributed by atoms with Crippen molar-refractivity contribution in [3.63, 3.8) is 0 Å². The van der Waals surface area contributed by atoms with E-state index in [9.17, 15) is 0 Å². The quantitative estimate of drug-likeness (QED) is 0.842. The fourth-order valence-corrected chi connectivity index (χ4v) is 1.79. The lowest BCUT2D eigenvalue weighted by molar-refractivity contribution is 0.292. The van der Waals surface area contributed by atoms with E-state index in [-0.39, 0.29) is 0 Å². The fraction of sp³-hybridized carbons (Fsp3) is 0.312. The lowest BCUT2D eigenvalue weighted by atomic mass is 10.2. The lowest BCUT2D eigenvalue weighted by Gasteiger charge is -2.13. The summed E-state index contributed by atoms with van der Waals surface area (Å²) in [6.45, 7) is 3.69. The van der Waals surface area contributed by atoms with E-state index in [2.05, 4.69) is 11.9 Å². The predicted molar refractivity (Wildman–Crippen MR) is 78.7 cm³/mol. The van der Waals surface area contributed by atoms with Crippen LogP contribution in [0.3, 0.4) is 0 Å². The van der Waals surface area contributed by atoms with Gasteiger partial charge in [0.1, 0.15) is 18.1 Å². The highest BCUT2D eigenvalue weighted by atomic mass is 16.5. The summed E-state index contributed by atoms with van der Waals surface area (Å²) in [6, 6.07) is 9.64. The maximum Gasteiger partial charge on any atom is 0.127 e. The van der Waals surface area contributed by atoms with Crippen molar-refractivity contribution in [2.45, 2.75) is 26.5 Å². The third-order valence-electron chi connectivity index (χ3n) is 2.85. The molecule has 0 aliphatic heterocycles. The van der Waals surface area contributed by atoms with Crippen molar-refractivity contribution in [2.75, 3.05) is 6.61 Å². The van der Waals surface area contributed by atoms with Crippen molar-refractivity contribution >= 4 is 0 Å². The van der Waals surface area contributed by atoms with Gasteiger partial charge in [-0.25, -0.2) is 0 Å². The van der Waals surface area contributed by atoms with Crippen LogP contribution >= 0.6 is 0 Å². The highest BCUT2D eigenvalue weighted by molar-refractivity contribution is 5.40. The van der Waals surface area contributed by atoms with Gasteiger partial charge in [0.25, 0.3) is 0 Å². The number of rotatable bonds is 7. The second kappa shape index (κ2) is 7.50. The van der Waals surface area contributed by atoms with Gasteiger partial charge in [-0.3, -0.25) is 4.98 Å². The van der Waals surface area contributed by atoms with Crippen LogP contribution in [0.5, 0.6) is 11.5 Å². The minimum Gasteiger partial charge on any atom is -0.493 e. The van der Waals surface area contributed by atoms with Crippen LogP contribution in [-0.2, 0) is 13.2 Å². The van der Waals surface area contributed by atoms with Crippen molar-refractivity contribution in [2.24, 2.45) is 5.73 Å². The van der Waals surface area contributed by atoms with E-state index >= 15 is 0 Å². The Morgan fingerprint density at radius 2 is 2.10 bits per heavy atom. The third-order valence-corrected chi connectivity index (χ3v) is 2.85. The Kier molecular flexibility index (Phi) is 5.38. The van der Waals surface area contributed by atoms with E-state index < -0.39 is 0 Å². The van der Waals surface area contributed by atoms with Crippen LogP contribution in [0.2, 0.25) is 0 Å². The number of nitrogens with zero attached hydrogens (tertiary/aromatic N) is 1. The first-order chi connectivity index (χ1) is 9.83. The van der Waals surface area contributed by atoms with Crippen LogP contribution in [0.4, 0.5) is 0 Å². The second-order valence-electron chi connectivity index (χ2n) is 4.47. The Balaban J connectivity index is 2.07. The standard InChI is InChI=1S/C16H20N2O2/c1-2-8-19-15-6-5-14(10-17)16(9-15)20-12-13-4-3-7-18-11-13/h3-7,9,11H,2,8,10,12,17H2,1H3. The van der Waals surface area contributed by atoms with Gasteiger partial charge >= 0.3 is 0 Å². The summed E-state index contributed by atoms with van der Waals surface area (Å²) in [6.07, 6.45) is 4.51. The molecule has 0 radical (unpaired) electrons. The first kappa shape index (κ1) is 14.3. The molecule has 1 aromatic carbocycles. The van der Waals surface area contributed by atoms with E-state index in [1.54, 1.807) is 12.4 Å². The summed E-state index contributed by atoms with van der Waals surface area (Å²) >= 11 is 0. The van der Waals surface area contributed by atoms with Gasteiger partial charge in [0, 0.05) is 36.1 Å². The van der Waals surface area contributed by atoms with Gasteiger partial charge < -0.3 is 15.2 Å². The summed E-state index contributed by atoms with van der Waals surface area (Å²) in [5.41, 5.74) is 7.73. The van der Waals surface area contributed by atoms with Crippen LogP contribution in [-0.4, -0.2) is 11.6 Å². The molecule has 0 fully saturated rings. The molecule has 1 heterocycles. The summed E-state index contributed by atoms with van der Waals surface area (Å²) in [4.78, 5) is 4.07. The molecule has 0 aliphatic rings. The molecule has 0 unspecified atom stereocenters. The number of benzene rings is 1. The summed E-state index contributed by atoms with van der Waals surface area (Å²) < 4.78 is 11.4. The zero-order valence-corrected chi connectivity index (χ0v) is 11.7. The third kappa shape index (κ3) is 3.96. The maximum absolute atomic E-state index is 5.83. The molecule has 0 saturated heterocycles. The molecule has 20 heavy (non-hydrogen) atoms. The van der Waals surface area contributed by atoms with Crippen LogP contribution < -0.4 is 15.2 Å². The van der Waals surface area contributed by atoms with Crippen molar-refractivity contribution in [1.29, 1.82) is 0 Å². The molecule has 4 nitrogen and oxygen atoms in total. The molecule has 106 valence electrons. The van der Waals surface area contributed by atoms with E-state index in [1.807, 2.05) is 30.3 Å². The topological polar surface area (TPSA) is 57.4 Å². The minimum atomic E-state index is 0.441. The Bertz CT molecular complexity index is 529. The van der Waals surface area contributed by atoms with E-state index in [1.165, 1.54) is 0 Å². The Hall–Kier alpha value is -2.07. The minimum absolute atomic E-state index is 0.441. The normalized spacial score (nSPS) is 10.3. The zero-order valence-electron chi connectivity index (χ0n) is 11.7. The van der Waals surface area contributed by atoms with Crippen LogP contribution in [0.1, 0.15) is 24.5 Å². The number of ether oxygens (including phenoxy) is 2. The van der Waals surface area contributed by atoms with Gasteiger partial charge in [0.2, 0.25) is 0 Å². The Morgan fingerprint density at radius 1 is 1.20 bits per heavy atom. The molecule has 1 aromatic heterocycles. The average Bonchev–Trinajstić information content (AvgIpc) is 2.52. The number of nitrogens with two attached hydrogens (primary N) is 1. The zero-order chi connectivity index (χ0) is 14.2. The Labute approximate surface area is 119 Å². The largest absolute Gasteiger partial charge is 0.493 e. The Morgan fingerprint density at radius 3 is 2.80 bits per heavy atom. The van der Waals surface area contributed by atoms with Gasteiger partial charge in [-0.05, 0) is 18.6 Å². The monoisotopic (exact) mass is 272 g/mol. The molecule has 4 heteroatoms. The molecule has 2 rings (SSSR count). The average molecular weight is 272 g/mol. The predicted octanol–water partition coefficient (Wildman–Crippen LogP) is 2.91. The van der Waals surface area contributed by atoms with Crippen molar-refractivity contribution in [1.82, 2.24) is 4.98 Å². The van der Waals surface area contributed by atoms with Gasteiger partial charge in [-0.15, -0.1) is 0 Å². The van der Waals surface area contributed by atoms with Crippen LogP contribution in [0.15, 0.2) is 42.7 Å². The van der Waals surface area contributed by atoms with E-state index in [0.29, 0.717) is 19.8 Å². The van der Waals surface area contributed by atoms with E-state index in [4.69, 9.17) is 15.2 Å². The molecule has 0 amide bonds. The molecule has 2 N–H and O–H groups in total. The molecular formula is C16H20N2O2. The molecule has 0 saturated carbocycles. The number of aromatic nitrogens is 1. The van der Waals surface area contributed by atoms with Gasteiger partial charge in [0.15, 0.2) is 0 Å². The van der Waals surface area contributed by atoms with Gasteiger partial charge in [0.05, 0.1) is 6.61 Å². The van der Waals surface area contributed by atoms with Gasteiger partial charge in [-0.1, -0.05) is 19.1 Å². The van der Waals surface area contributed by atoms with Gasteiger partial charge in [-0.2, -0.15) is 0 Å². The number of hydrogen-bond acceptors (Lipinski definition) is 4. The summed E-state index contributed by atoms with van der Waals surface area (Å²) in [5, 5.41) is 0. The molecule has 0 spiro atoms. The number of hydrogen-bond donors (Lipinski definition) is 1. The van der Waals surface area contributed by atoms with Crippen molar-refractivity contribution < 1.29 is 9.47 Å². The fourth-order valence-electron chi connectivity index (χ4n) is 1.79. The first-order valence-corrected chi connectivity index (χ1v) is 6.81. The van der Waals surface area contributed by atoms with Crippen LogP contribution in [0.25, 0.3) is 0 Å². The molecule has 2 aromatic rings. The molecule has 0 bridgehead atoms. The summed E-state index contributed by atoms with van der Waals surface area (Å²) in [7, 11) is 0. The molecule has 0 aliphatic carbocycles. The highest BCUT2D eigenvalue weighted by Crippen LogP contribution is 2.25. The smallest absolute Gasteiger partial charge is 0.127 e. The van der Waals surface area contributed by atoms with Crippen LogP contribution in [0, 0.1) is 0 Å². The second-order valence-corrected chi connectivity index (χ2v) is 4.47.